The summed E-state index contributed by atoms with van der Waals surface area (Å²) in [5, 5.41) is 0.888. The van der Waals surface area contributed by atoms with Crippen molar-refractivity contribution in [3.8, 4) is 17.2 Å². The molecule has 0 aliphatic heterocycles. The van der Waals surface area contributed by atoms with Gasteiger partial charge in [-0.2, -0.15) is 0 Å². The maximum absolute atomic E-state index is 5.75. The van der Waals surface area contributed by atoms with Gasteiger partial charge in [-0.25, -0.2) is 4.98 Å². The summed E-state index contributed by atoms with van der Waals surface area (Å²) in [7, 11) is 0. The molecule has 5 nitrogen and oxygen atoms in total. The summed E-state index contributed by atoms with van der Waals surface area (Å²) in [5.41, 5.74) is 1.93. The number of fused-ring (bicyclic) bond motifs is 1. The number of H-pyrrole nitrogens is 1. The van der Waals surface area contributed by atoms with Gasteiger partial charge in [-0.3, -0.25) is 0 Å². The lowest BCUT2D eigenvalue weighted by Gasteiger charge is -2.07. The zero-order valence-electron chi connectivity index (χ0n) is 14.5. The van der Waals surface area contributed by atoms with E-state index in [1.165, 1.54) is 0 Å². The topological polar surface area (TPSA) is 56.4 Å². The van der Waals surface area contributed by atoms with Gasteiger partial charge in [-0.05, 0) is 50.2 Å². The number of rotatable bonds is 9. The van der Waals surface area contributed by atoms with Crippen LogP contribution in [0, 0.1) is 0 Å². The van der Waals surface area contributed by atoms with Gasteiger partial charge in [0.1, 0.15) is 17.2 Å². The number of ether oxygens (including phenoxy) is 3. The van der Waals surface area contributed by atoms with Crippen LogP contribution < -0.4 is 14.2 Å². The van der Waals surface area contributed by atoms with Crippen LogP contribution in [0.2, 0.25) is 0 Å². The maximum Gasteiger partial charge on any atom is 0.166 e. The summed E-state index contributed by atoms with van der Waals surface area (Å²) in [6.45, 7) is 5.88. The molecule has 0 radical (unpaired) electrons. The number of benzene rings is 2. The van der Waals surface area contributed by atoms with E-state index in [1.807, 2.05) is 56.3 Å². The van der Waals surface area contributed by atoms with Gasteiger partial charge in [-0.15, -0.1) is 0 Å². The number of thioether (sulfide) groups is 1. The highest BCUT2D eigenvalue weighted by Crippen LogP contribution is 2.23. The summed E-state index contributed by atoms with van der Waals surface area (Å²) in [6.07, 6.45) is 0. The average Bonchev–Trinajstić information content (AvgIpc) is 3.03. The largest absolute Gasteiger partial charge is 0.494 e. The fourth-order valence-electron chi connectivity index (χ4n) is 2.39. The lowest BCUT2D eigenvalue weighted by atomic mass is 10.3. The molecule has 1 N–H and O–H groups in total. The van der Waals surface area contributed by atoms with Gasteiger partial charge < -0.3 is 19.2 Å². The molecule has 0 unspecified atom stereocenters. The van der Waals surface area contributed by atoms with Crippen molar-refractivity contribution in [3.05, 3.63) is 42.5 Å². The van der Waals surface area contributed by atoms with Gasteiger partial charge in [0.15, 0.2) is 5.16 Å². The number of aromatic nitrogens is 2. The molecule has 0 spiro atoms. The predicted octanol–water partition coefficient (Wildman–Crippen LogP) is 4.53. The first-order chi connectivity index (χ1) is 12.3. The minimum Gasteiger partial charge on any atom is -0.494 e. The molecular formula is C19H22N2O3S. The van der Waals surface area contributed by atoms with Crippen LogP contribution >= 0.6 is 11.8 Å². The van der Waals surface area contributed by atoms with Crippen LogP contribution in [0.1, 0.15) is 13.8 Å². The minimum atomic E-state index is 0.611. The molecule has 0 fully saturated rings. The third-order valence-corrected chi connectivity index (χ3v) is 4.31. The molecule has 1 aromatic heterocycles. The lowest BCUT2D eigenvalue weighted by Crippen LogP contribution is -2.00. The predicted molar refractivity (Wildman–Crippen MR) is 101 cm³/mol. The Hall–Kier alpha value is -2.34. The molecule has 3 rings (SSSR count). The van der Waals surface area contributed by atoms with E-state index < -0.39 is 0 Å². The van der Waals surface area contributed by atoms with Gasteiger partial charge in [0.2, 0.25) is 0 Å². The highest BCUT2D eigenvalue weighted by atomic mass is 32.2. The first kappa shape index (κ1) is 17.5. The van der Waals surface area contributed by atoms with E-state index >= 15 is 0 Å². The van der Waals surface area contributed by atoms with Gasteiger partial charge in [0.05, 0.1) is 30.9 Å². The molecule has 0 aliphatic carbocycles. The summed E-state index contributed by atoms with van der Waals surface area (Å²) < 4.78 is 16.7. The average molecular weight is 358 g/mol. The normalized spacial score (nSPS) is 10.8. The lowest BCUT2D eigenvalue weighted by molar-refractivity contribution is 0.332. The van der Waals surface area contributed by atoms with Gasteiger partial charge in [0, 0.05) is 11.8 Å². The molecule has 0 bridgehead atoms. The van der Waals surface area contributed by atoms with Crippen molar-refractivity contribution in [2.45, 2.75) is 19.0 Å². The van der Waals surface area contributed by atoms with E-state index in [1.54, 1.807) is 11.8 Å². The second-order valence-corrected chi connectivity index (χ2v) is 6.34. The first-order valence-corrected chi connectivity index (χ1v) is 9.38. The number of hydrogen-bond acceptors (Lipinski definition) is 5. The molecule has 2 aromatic carbocycles. The Morgan fingerprint density at radius 1 is 0.880 bits per heavy atom. The standard InChI is InChI=1S/C19H22N2O3S/c1-3-22-14-5-7-15(8-6-14)24-11-12-25-19-20-17-10-9-16(23-4-2)13-18(17)21-19/h5-10,13H,3-4,11-12H2,1-2H3,(H,20,21). The van der Waals surface area contributed by atoms with Crippen LogP contribution in [-0.2, 0) is 0 Å². The molecule has 0 saturated carbocycles. The monoisotopic (exact) mass is 358 g/mol. The van der Waals surface area contributed by atoms with Crippen LogP contribution in [0.15, 0.2) is 47.6 Å². The molecule has 0 amide bonds. The molecule has 3 aromatic rings. The Morgan fingerprint density at radius 3 is 2.24 bits per heavy atom. The summed E-state index contributed by atoms with van der Waals surface area (Å²) in [6, 6.07) is 13.6. The number of imidazole rings is 1. The molecule has 132 valence electrons. The summed E-state index contributed by atoms with van der Waals surface area (Å²) >= 11 is 1.64. The van der Waals surface area contributed by atoms with E-state index in [0.29, 0.717) is 19.8 Å². The first-order valence-electron chi connectivity index (χ1n) is 8.39. The zero-order valence-corrected chi connectivity index (χ0v) is 15.3. The van der Waals surface area contributed by atoms with Crippen LogP contribution in [0.4, 0.5) is 0 Å². The smallest absolute Gasteiger partial charge is 0.166 e. The maximum atomic E-state index is 5.75. The number of nitrogens with one attached hydrogen (secondary N) is 1. The fourth-order valence-corrected chi connectivity index (χ4v) is 3.09. The van der Waals surface area contributed by atoms with Gasteiger partial charge in [-0.1, -0.05) is 11.8 Å². The summed E-state index contributed by atoms with van der Waals surface area (Å²) in [4.78, 5) is 7.88. The molecule has 0 saturated heterocycles. The van der Waals surface area contributed by atoms with Crippen molar-refractivity contribution in [2.75, 3.05) is 25.6 Å². The van der Waals surface area contributed by atoms with Crippen LogP contribution in [0.5, 0.6) is 17.2 Å². The van der Waals surface area contributed by atoms with Crippen LogP contribution in [-0.4, -0.2) is 35.5 Å². The van der Waals surface area contributed by atoms with Crippen molar-refractivity contribution in [2.24, 2.45) is 0 Å². The second-order valence-electron chi connectivity index (χ2n) is 5.26. The van der Waals surface area contributed by atoms with Crippen molar-refractivity contribution in [3.63, 3.8) is 0 Å². The van der Waals surface area contributed by atoms with Crippen LogP contribution in [0.25, 0.3) is 11.0 Å². The van der Waals surface area contributed by atoms with Crippen molar-refractivity contribution in [1.82, 2.24) is 9.97 Å². The minimum absolute atomic E-state index is 0.611. The van der Waals surface area contributed by atoms with Gasteiger partial charge >= 0.3 is 0 Å². The number of hydrogen-bond donors (Lipinski definition) is 1. The third-order valence-electron chi connectivity index (χ3n) is 3.47. The van der Waals surface area contributed by atoms with Crippen molar-refractivity contribution < 1.29 is 14.2 Å². The Bertz CT molecular complexity index is 802. The fraction of sp³-hybridized carbons (Fsp3) is 0.316. The van der Waals surface area contributed by atoms with E-state index in [0.717, 1.165) is 39.2 Å². The van der Waals surface area contributed by atoms with E-state index in [2.05, 4.69) is 9.97 Å². The summed E-state index contributed by atoms with van der Waals surface area (Å²) in [5.74, 6) is 3.37. The van der Waals surface area contributed by atoms with E-state index in [-0.39, 0.29) is 0 Å². The number of nitrogens with zero attached hydrogens (tertiary/aromatic N) is 1. The van der Waals surface area contributed by atoms with Crippen LogP contribution in [0.3, 0.4) is 0 Å². The highest BCUT2D eigenvalue weighted by molar-refractivity contribution is 7.99. The Morgan fingerprint density at radius 2 is 1.52 bits per heavy atom. The third kappa shape index (κ3) is 4.82. The molecule has 0 atom stereocenters. The molecular weight excluding hydrogens is 336 g/mol. The van der Waals surface area contributed by atoms with E-state index in [4.69, 9.17) is 14.2 Å². The Balaban J connectivity index is 1.49. The van der Waals surface area contributed by atoms with Gasteiger partial charge in [0.25, 0.3) is 0 Å². The van der Waals surface area contributed by atoms with E-state index in [9.17, 15) is 0 Å². The second kappa shape index (κ2) is 8.67. The SMILES string of the molecule is CCOc1ccc(OCCSc2nc3ccc(OCC)cc3[nH]2)cc1. The zero-order chi connectivity index (χ0) is 17.5. The molecule has 25 heavy (non-hydrogen) atoms. The van der Waals surface area contributed by atoms with Crippen molar-refractivity contribution >= 4 is 22.8 Å². The van der Waals surface area contributed by atoms with Crippen molar-refractivity contribution in [1.29, 1.82) is 0 Å². The molecule has 0 aliphatic rings. The Kier molecular flexibility index (Phi) is 6.06. The Labute approximate surface area is 151 Å². The highest BCUT2D eigenvalue weighted by Gasteiger charge is 2.05. The molecule has 1 heterocycles. The number of aromatic amines is 1. The molecule has 6 heteroatoms. The quantitative estimate of drug-likeness (QED) is 0.450.